The molecule has 0 aromatic carbocycles. The molecule has 0 N–H and O–H groups in total. The first-order valence-corrected chi connectivity index (χ1v) is 6.54. The average Bonchev–Trinajstić information content (AvgIpc) is 2.17. The van der Waals surface area contributed by atoms with Gasteiger partial charge in [0.05, 0.1) is 27.7 Å². The molecule has 0 saturated carbocycles. The second-order valence-corrected chi connectivity index (χ2v) is 6.06. The lowest BCUT2D eigenvalue weighted by atomic mass is 9.94. The zero-order valence-corrected chi connectivity index (χ0v) is 11.1. The third-order valence-electron chi connectivity index (χ3n) is 3.59. The Hall–Kier alpha value is -0.0800. The van der Waals surface area contributed by atoms with E-state index in [-0.39, 0.29) is 0 Å². The Balaban J connectivity index is 2.09. The standard InChI is InChI=1S/C13H29N2/c1-5-13-7-10-14(11-8-13)9-6-12-15(2,3)4/h13H,5-12H2,1-4H3/q+1. The fourth-order valence-electron chi connectivity index (χ4n) is 2.39. The maximum atomic E-state index is 2.65. The third-order valence-corrected chi connectivity index (χ3v) is 3.59. The minimum atomic E-state index is 1.01. The molecule has 0 spiro atoms. The van der Waals surface area contributed by atoms with Crippen molar-refractivity contribution in [3.05, 3.63) is 0 Å². The molecule has 1 aliphatic rings. The molecular formula is C13H29N2+. The van der Waals surface area contributed by atoms with Crippen LogP contribution in [0.4, 0.5) is 0 Å². The first-order chi connectivity index (χ1) is 7.01. The van der Waals surface area contributed by atoms with Gasteiger partial charge in [-0.25, -0.2) is 0 Å². The van der Waals surface area contributed by atoms with Gasteiger partial charge in [0, 0.05) is 13.0 Å². The van der Waals surface area contributed by atoms with E-state index in [0.717, 1.165) is 10.4 Å². The first-order valence-electron chi connectivity index (χ1n) is 6.54. The average molecular weight is 213 g/mol. The van der Waals surface area contributed by atoms with Crippen molar-refractivity contribution in [2.75, 3.05) is 47.3 Å². The van der Waals surface area contributed by atoms with E-state index in [9.17, 15) is 0 Å². The highest BCUT2D eigenvalue weighted by molar-refractivity contribution is 4.70. The van der Waals surface area contributed by atoms with Crippen molar-refractivity contribution >= 4 is 0 Å². The topological polar surface area (TPSA) is 3.24 Å². The lowest BCUT2D eigenvalue weighted by molar-refractivity contribution is -0.870. The zero-order chi connectivity index (χ0) is 11.3. The van der Waals surface area contributed by atoms with E-state index in [4.69, 9.17) is 0 Å². The summed E-state index contributed by atoms with van der Waals surface area (Å²) in [5.41, 5.74) is 0. The summed E-state index contributed by atoms with van der Waals surface area (Å²) in [5, 5.41) is 0. The SMILES string of the molecule is CCC1CCN(CCC[N+](C)(C)C)CC1. The van der Waals surface area contributed by atoms with Gasteiger partial charge in [-0.2, -0.15) is 0 Å². The molecule has 1 aliphatic heterocycles. The fraction of sp³-hybridized carbons (Fsp3) is 1.00. The van der Waals surface area contributed by atoms with Crippen LogP contribution in [-0.4, -0.2) is 56.7 Å². The van der Waals surface area contributed by atoms with Crippen molar-refractivity contribution in [3.63, 3.8) is 0 Å². The van der Waals surface area contributed by atoms with Gasteiger partial charge in [0.2, 0.25) is 0 Å². The number of rotatable bonds is 5. The zero-order valence-electron chi connectivity index (χ0n) is 11.1. The van der Waals surface area contributed by atoms with Gasteiger partial charge in [0.15, 0.2) is 0 Å². The number of hydrogen-bond donors (Lipinski definition) is 0. The normalized spacial score (nSPS) is 20.8. The van der Waals surface area contributed by atoms with Crippen molar-refractivity contribution in [2.24, 2.45) is 5.92 Å². The van der Waals surface area contributed by atoms with Crippen LogP contribution in [-0.2, 0) is 0 Å². The van der Waals surface area contributed by atoms with E-state index in [0.29, 0.717) is 0 Å². The second kappa shape index (κ2) is 5.86. The first kappa shape index (κ1) is 13.0. The molecule has 0 unspecified atom stereocenters. The van der Waals surface area contributed by atoms with Gasteiger partial charge in [-0.15, -0.1) is 0 Å². The summed E-state index contributed by atoms with van der Waals surface area (Å²) in [6.07, 6.45) is 5.59. The predicted molar refractivity (Wildman–Crippen MR) is 67.0 cm³/mol. The number of likely N-dealkylation sites (tertiary alicyclic amines) is 1. The minimum Gasteiger partial charge on any atom is -0.331 e. The quantitative estimate of drug-likeness (QED) is 0.633. The van der Waals surface area contributed by atoms with Crippen LogP contribution in [0, 0.1) is 5.92 Å². The maximum absolute atomic E-state index is 2.65. The van der Waals surface area contributed by atoms with Crippen LogP contribution in [0.1, 0.15) is 32.6 Å². The molecule has 1 saturated heterocycles. The summed E-state index contributed by atoms with van der Waals surface area (Å²) < 4.78 is 1.10. The molecule has 2 nitrogen and oxygen atoms in total. The van der Waals surface area contributed by atoms with E-state index in [1.54, 1.807) is 0 Å². The van der Waals surface area contributed by atoms with E-state index < -0.39 is 0 Å². The van der Waals surface area contributed by atoms with Crippen LogP contribution in [0.3, 0.4) is 0 Å². The molecule has 90 valence electrons. The molecule has 0 aliphatic carbocycles. The van der Waals surface area contributed by atoms with Crippen LogP contribution in [0.5, 0.6) is 0 Å². The third kappa shape index (κ3) is 5.53. The smallest absolute Gasteiger partial charge is 0.0792 e. The number of nitrogens with zero attached hydrogens (tertiary/aromatic N) is 2. The van der Waals surface area contributed by atoms with Gasteiger partial charge >= 0.3 is 0 Å². The van der Waals surface area contributed by atoms with Crippen LogP contribution < -0.4 is 0 Å². The highest BCUT2D eigenvalue weighted by Crippen LogP contribution is 2.19. The number of hydrogen-bond acceptors (Lipinski definition) is 1. The molecule has 0 bridgehead atoms. The number of quaternary nitrogens is 1. The molecule has 1 fully saturated rings. The molecule has 1 heterocycles. The van der Waals surface area contributed by atoms with Crippen LogP contribution in [0.25, 0.3) is 0 Å². The van der Waals surface area contributed by atoms with Gasteiger partial charge in [-0.1, -0.05) is 13.3 Å². The van der Waals surface area contributed by atoms with E-state index in [1.165, 1.54) is 51.9 Å². The molecule has 1 rings (SSSR count). The lowest BCUT2D eigenvalue weighted by Crippen LogP contribution is -2.39. The summed E-state index contributed by atoms with van der Waals surface area (Å²) in [7, 11) is 6.84. The molecule has 0 atom stereocenters. The van der Waals surface area contributed by atoms with Crippen LogP contribution >= 0.6 is 0 Å². The molecule has 2 heteroatoms. The summed E-state index contributed by atoms with van der Waals surface area (Å²) in [6, 6.07) is 0. The van der Waals surface area contributed by atoms with Crippen LogP contribution in [0.2, 0.25) is 0 Å². The highest BCUT2D eigenvalue weighted by atomic mass is 15.3. The van der Waals surface area contributed by atoms with E-state index >= 15 is 0 Å². The second-order valence-electron chi connectivity index (χ2n) is 6.06. The molecule has 15 heavy (non-hydrogen) atoms. The van der Waals surface area contributed by atoms with Crippen molar-refractivity contribution in [1.29, 1.82) is 0 Å². The predicted octanol–water partition coefficient (Wildman–Crippen LogP) is 2.20. The Morgan fingerprint density at radius 2 is 1.73 bits per heavy atom. The Bertz CT molecular complexity index is 164. The van der Waals surface area contributed by atoms with Gasteiger partial charge in [-0.05, 0) is 31.8 Å². The molecule has 0 aromatic heterocycles. The van der Waals surface area contributed by atoms with Gasteiger partial charge in [0.25, 0.3) is 0 Å². The van der Waals surface area contributed by atoms with E-state index in [2.05, 4.69) is 33.0 Å². The van der Waals surface area contributed by atoms with Gasteiger partial charge < -0.3 is 9.38 Å². The molecule has 0 aromatic rings. The number of piperidine rings is 1. The monoisotopic (exact) mass is 213 g/mol. The highest BCUT2D eigenvalue weighted by Gasteiger charge is 2.17. The maximum Gasteiger partial charge on any atom is 0.0792 e. The molecular weight excluding hydrogens is 184 g/mol. The summed E-state index contributed by atoms with van der Waals surface area (Å²) >= 11 is 0. The van der Waals surface area contributed by atoms with Gasteiger partial charge in [-0.3, -0.25) is 0 Å². The van der Waals surface area contributed by atoms with Gasteiger partial charge in [0.1, 0.15) is 0 Å². The summed E-state index contributed by atoms with van der Waals surface area (Å²) in [5.74, 6) is 1.01. The Kier molecular flexibility index (Phi) is 5.07. The van der Waals surface area contributed by atoms with Crippen molar-refractivity contribution < 1.29 is 4.48 Å². The van der Waals surface area contributed by atoms with Crippen molar-refractivity contribution in [1.82, 2.24) is 4.90 Å². The molecule has 0 amide bonds. The van der Waals surface area contributed by atoms with Crippen molar-refractivity contribution in [2.45, 2.75) is 32.6 Å². The van der Waals surface area contributed by atoms with Crippen molar-refractivity contribution in [3.8, 4) is 0 Å². The molecule has 0 radical (unpaired) electrons. The summed E-state index contributed by atoms with van der Waals surface area (Å²) in [4.78, 5) is 2.65. The summed E-state index contributed by atoms with van der Waals surface area (Å²) in [6.45, 7) is 7.63. The van der Waals surface area contributed by atoms with Crippen LogP contribution in [0.15, 0.2) is 0 Å². The Morgan fingerprint density at radius 3 is 2.20 bits per heavy atom. The van der Waals surface area contributed by atoms with E-state index in [1.807, 2.05) is 0 Å². The fourth-order valence-corrected chi connectivity index (χ4v) is 2.39. The minimum absolute atomic E-state index is 1.01. The Labute approximate surface area is 95.8 Å². The Morgan fingerprint density at radius 1 is 1.13 bits per heavy atom. The lowest BCUT2D eigenvalue weighted by Gasteiger charge is -2.32. The largest absolute Gasteiger partial charge is 0.331 e.